The molecular formula is C12H22N2O4. The lowest BCUT2D eigenvalue weighted by Crippen LogP contribution is -2.63. The number of hydroxylamine groups is 4. The summed E-state index contributed by atoms with van der Waals surface area (Å²) in [4.78, 5) is 23.9. The van der Waals surface area contributed by atoms with E-state index in [1.165, 1.54) is 0 Å². The van der Waals surface area contributed by atoms with Gasteiger partial charge in [-0.15, -0.1) is 0 Å². The number of nitrogens with zero attached hydrogens (tertiary/aromatic N) is 2. The zero-order chi connectivity index (χ0) is 14.0. The van der Waals surface area contributed by atoms with Gasteiger partial charge >= 0.3 is 0 Å². The maximum absolute atomic E-state index is 11.9. The molecule has 2 N–H and O–H groups in total. The number of rotatable bonds is 4. The van der Waals surface area contributed by atoms with Gasteiger partial charge < -0.3 is 0 Å². The van der Waals surface area contributed by atoms with Crippen LogP contribution in [0.3, 0.4) is 0 Å². The predicted octanol–water partition coefficient (Wildman–Crippen LogP) is 1.27. The fourth-order valence-electron chi connectivity index (χ4n) is 2.12. The molecule has 1 saturated heterocycles. The molecule has 0 aromatic rings. The van der Waals surface area contributed by atoms with Crippen LogP contribution in [0.15, 0.2) is 0 Å². The summed E-state index contributed by atoms with van der Waals surface area (Å²) < 4.78 is 0. The Morgan fingerprint density at radius 3 is 1.39 bits per heavy atom. The van der Waals surface area contributed by atoms with Gasteiger partial charge in [0, 0.05) is 0 Å². The Balaban J connectivity index is 2.88. The lowest BCUT2D eigenvalue weighted by molar-refractivity contribution is -0.232. The van der Waals surface area contributed by atoms with Gasteiger partial charge in [-0.2, -0.15) is 0 Å². The first kappa shape index (κ1) is 14.9. The van der Waals surface area contributed by atoms with Gasteiger partial charge in [-0.05, 0) is 24.7 Å². The van der Waals surface area contributed by atoms with Gasteiger partial charge in [0.1, 0.15) is 12.1 Å². The van der Waals surface area contributed by atoms with Crippen LogP contribution in [-0.2, 0) is 9.59 Å². The Morgan fingerprint density at radius 1 is 0.889 bits per heavy atom. The summed E-state index contributed by atoms with van der Waals surface area (Å²) in [5.74, 6) is -0.958. The van der Waals surface area contributed by atoms with Gasteiger partial charge in [0.15, 0.2) is 0 Å². The average molecular weight is 258 g/mol. The summed E-state index contributed by atoms with van der Waals surface area (Å²) in [6.45, 7) is 7.53. The third kappa shape index (κ3) is 3.00. The molecule has 104 valence electrons. The fourth-order valence-corrected chi connectivity index (χ4v) is 2.12. The van der Waals surface area contributed by atoms with E-state index in [0.29, 0.717) is 23.0 Å². The molecule has 0 aromatic carbocycles. The minimum atomic E-state index is -0.981. The minimum Gasteiger partial charge on any atom is -0.285 e. The van der Waals surface area contributed by atoms with Gasteiger partial charge in [-0.25, -0.2) is 10.1 Å². The van der Waals surface area contributed by atoms with Crippen LogP contribution in [-0.4, -0.2) is 44.4 Å². The van der Waals surface area contributed by atoms with E-state index in [1.807, 2.05) is 27.7 Å². The summed E-state index contributed by atoms with van der Waals surface area (Å²) in [5.41, 5.74) is 0. The maximum atomic E-state index is 11.9. The highest BCUT2D eigenvalue weighted by atomic mass is 16.5. The van der Waals surface area contributed by atoms with E-state index in [-0.39, 0.29) is 11.8 Å². The fraction of sp³-hybridized carbons (Fsp3) is 0.833. The quantitative estimate of drug-likeness (QED) is 0.744. The largest absolute Gasteiger partial charge is 0.285 e. The van der Waals surface area contributed by atoms with Crippen molar-refractivity contribution >= 4 is 11.8 Å². The highest BCUT2D eigenvalue weighted by Gasteiger charge is 2.45. The second-order valence-electron chi connectivity index (χ2n) is 5.66. The van der Waals surface area contributed by atoms with Crippen LogP contribution >= 0.6 is 0 Å². The summed E-state index contributed by atoms with van der Waals surface area (Å²) in [6.07, 6.45) is 0.652. The van der Waals surface area contributed by atoms with E-state index in [2.05, 4.69) is 0 Å². The van der Waals surface area contributed by atoms with Crippen LogP contribution in [0.5, 0.6) is 0 Å². The molecule has 1 aliphatic rings. The van der Waals surface area contributed by atoms with Crippen LogP contribution in [0.2, 0.25) is 0 Å². The third-order valence-electron chi connectivity index (χ3n) is 3.00. The zero-order valence-corrected chi connectivity index (χ0v) is 11.3. The van der Waals surface area contributed by atoms with Crippen molar-refractivity contribution in [2.75, 3.05) is 0 Å². The molecule has 2 atom stereocenters. The second-order valence-corrected chi connectivity index (χ2v) is 5.66. The standard InChI is InChI=1S/C12H22N2O4/c1-7(2)5-9-11(15)14(18)10(6-8(3)4)12(16)13(9)17/h7-10,17-18H,5-6H2,1-4H3. The molecule has 0 aliphatic carbocycles. The molecule has 2 unspecified atom stereocenters. The SMILES string of the molecule is CC(C)CC1C(=O)N(O)C(CC(C)C)C(=O)N1O. The molecular weight excluding hydrogens is 236 g/mol. The smallest absolute Gasteiger partial charge is 0.272 e. The van der Waals surface area contributed by atoms with Gasteiger partial charge in [0.05, 0.1) is 0 Å². The first-order valence-electron chi connectivity index (χ1n) is 6.29. The summed E-state index contributed by atoms with van der Waals surface area (Å²) in [7, 11) is 0. The van der Waals surface area contributed by atoms with Gasteiger partial charge in [0.2, 0.25) is 0 Å². The Kier molecular flexibility index (Phi) is 4.70. The van der Waals surface area contributed by atoms with Crippen molar-refractivity contribution in [3.8, 4) is 0 Å². The molecule has 0 radical (unpaired) electrons. The maximum Gasteiger partial charge on any atom is 0.272 e. The zero-order valence-electron chi connectivity index (χ0n) is 11.3. The highest BCUT2D eigenvalue weighted by molar-refractivity contribution is 5.95. The molecule has 6 heteroatoms. The Bertz CT molecular complexity index is 298. The lowest BCUT2D eigenvalue weighted by Gasteiger charge is -2.39. The van der Waals surface area contributed by atoms with Gasteiger partial charge in [-0.3, -0.25) is 20.0 Å². The highest BCUT2D eigenvalue weighted by Crippen LogP contribution is 2.23. The number of carbonyl (C=O) groups is 2. The van der Waals surface area contributed by atoms with E-state index in [9.17, 15) is 20.0 Å². The predicted molar refractivity (Wildman–Crippen MR) is 63.8 cm³/mol. The van der Waals surface area contributed by atoms with E-state index in [0.717, 1.165) is 0 Å². The molecule has 18 heavy (non-hydrogen) atoms. The molecule has 1 aliphatic heterocycles. The number of amides is 2. The summed E-state index contributed by atoms with van der Waals surface area (Å²) in [5, 5.41) is 20.5. The average Bonchev–Trinajstić information content (AvgIpc) is 2.27. The molecule has 2 amide bonds. The van der Waals surface area contributed by atoms with Crippen LogP contribution in [0.25, 0.3) is 0 Å². The molecule has 1 heterocycles. The topological polar surface area (TPSA) is 81.1 Å². The van der Waals surface area contributed by atoms with E-state index in [1.54, 1.807) is 0 Å². The molecule has 0 bridgehead atoms. The first-order chi connectivity index (χ1) is 8.25. The molecule has 1 rings (SSSR count). The number of hydrogen-bond donors (Lipinski definition) is 2. The Morgan fingerprint density at radius 2 is 1.17 bits per heavy atom. The summed E-state index contributed by atoms with van der Waals surface area (Å²) >= 11 is 0. The van der Waals surface area contributed by atoms with E-state index in [4.69, 9.17) is 0 Å². The number of hydrogen-bond acceptors (Lipinski definition) is 4. The second kappa shape index (κ2) is 5.67. The van der Waals surface area contributed by atoms with Crippen LogP contribution in [0, 0.1) is 11.8 Å². The van der Waals surface area contributed by atoms with Crippen LogP contribution in [0.1, 0.15) is 40.5 Å². The number of piperazine rings is 1. The van der Waals surface area contributed by atoms with Crippen LogP contribution < -0.4 is 0 Å². The van der Waals surface area contributed by atoms with Gasteiger partial charge in [-0.1, -0.05) is 27.7 Å². The molecule has 1 fully saturated rings. The van der Waals surface area contributed by atoms with E-state index < -0.39 is 23.9 Å². The molecule has 0 saturated carbocycles. The first-order valence-corrected chi connectivity index (χ1v) is 6.29. The Labute approximate surface area is 107 Å². The van der Waals surface area contributed by atoms with Crippen molar-refractivity contribution in [1.82, 2.24) is 10.1 Å². The number of carbonyl (C=O) groups excluding carboxylic acids is 2. The minimum absolute atomic E-state index is 0.136. The van der Waals surface area contributed by atoms with E-state index >= 15 is 0 Å². The van der Waals surface area contributed by atoms with Crippen molar-refractivity contribution in [2.45, 2.75) is 52.6 Å². The van der Waals surface area contributed by atoms with Gasteiger partial charge in [0.25, 0.3) is 11.8 Å². The summed E-state index contributed by atoms with van der Waals surface area (Å²) in [6, 6.07) is -1.96. The lowest BCUT2D eigenvalue weighted by atomic mass is 9.95. The molecule has 0 spiro atoms. The van der Waals surface area contributed by atoms with Crippen molar-refractivity contribution in [3.05, 3.63) is 0 Å². The van der Waals surface area contributed by atoms with Crippen LogP contribution in [0.4, 0.5) is 0 Å². The third-order valence-corrected chi connectivity index (χ3v) is 3.00. The monoisotopic (exact) mass is 258 g/mol. The molecule has 0 aromatic heterocycles. The molecule has 6 nitrogen and oxygen atoms in total. The van der Waals surface area contributed by atoms with Crippen molar-refractivity contribution in [2.24, 2.45) is 11.8 Å². The van der Waals surface area contributed by atoms with Crippen molar-refractivity contribution in [1.29, 1.82) is 0 Å². The normalized spacial score (nSPS) is 25.6. The van der Waals surface area contributed by atoms with Crippen molar-refractivity contribution < 1.29 is 20.0 Å². The Hall–Kier alpha value is -1.14. The van der Waals surface area contributed by atoms with Crippen molar-refractivity contribution in [3.63, 3.8) is 0 Å².